The molecule has 1 saturated heterocycles. The molecule has 3 atom stereocenters. The van der Waals surface area contributed by atoms with Gasteiger partial charge in [-0.1, -0.05) is 6.42 Å². The minimum absolute atomic E-state index is 0.00963. The van der Waals surface area contributed by atoms with Gasteiger partial charge in [-0.15, -0.1) is 0 Å². The molecule has 9 N–H and O–H groups in total. The topological polar surface area (TPSA) is 183 Å². The number of carbonyl (C=O) groups is 3. The van der Waals surface area contributed by atoms with Crippen LogP contribution >= 0.6 is 0 Å². The summed E-state index contributed by atoms with van der Waals surface area (Å²) in [6.07, 6.45) is 5.09. The van der Waals surface area contributed by atoms with Crippen molar-refractivity contribution in [3.8, 4) is 0 Å². The molecule has 1 rings (SSSR count). The van der Waals surface area contributed by atoms with Crippen molar-refractivity contribution in [2.75, 3.05) is 19.6 Å². The first-order valence-corrected chi connectivity index (χ1v) is 9.47. The van der Waals surface area contributed by atoms with Gasteiger partial charge in [-0.05, 0) is 45.1 Å². The maximum Gasteiger partial charge on any atom is 0.243 e. The van der Waals surface area contributed by atoms with Crippen molar-refractivity contribution in [1.82, 2.24) is 10.2 Å². The first-order valence-electron chi connectivity index (χ1n) is 9.47. The van der Waals surface area contributed by atoms with Crippen LogP contribution in [0.4, 0.5) is 0 Å². The summed E-state index contributed by atoms with van der Waals surface area (Å²) in [5.41, 5.74) is 21.9. The number of likely N-dealkylation sites (tertiary alicyclic amines) is 1. The molecule has 154 valence electrons. The van der Waals surface area contributed by atoms with Crippen molar-refractivity contribution in [3.05, 3.63) is 0 Å². The van der Waals surface area contributed by atoms with Gasteiger partial charge in [0.05, 0.1) is 12.1 Å². The zero-order chi connectivity index (χ0) is 20.2. The van der Waals surface area contributed by atoms with Crippen molar-refractivity contribution < 1.29 is 14.4 Å². The number of nitrogens with two attached hydrogens (primary N) is 4. The fourth-order valence-electron chi connectivity index (χ4n) is 3.12. The summed E-state index contributed by atoms with van der Waals surface area (Å²) in [5.74, 6) is -0.557. The Kier molecular flexibility index (Phi) is 10.3. The first-order chi connectivity index (χ1) is 12.9. The molecule has 0 aromatic carbocycles. The summed E-state index contributed by atoms with van der Waals surface area (Å²) in [4.78, 5) is 41.7. The number of aliphatic imine (C=N–C) groups is 1. The van der Waals surface area contributed by atoms with Crippen molar-refractivity contribution in [2.45, 2.75) is 63.1 Å². The molecule has 2 amide bonds. The molecule has 0 unspecified atom stereocenters. The molecule has 0 radical (unpaired) electrons. The number of carbonyl (C=O) groups excluding carboxylic acids is 3. The molecule has 0 saturated carbocycles. The molecule has 0 aromatic heterocycles. The summed E-state index contributed by atoms with van der Waals surface area (Å²) in [6.45, 7) is 1.44. The first kappa shape index (κ1) is 22.8. The van der Waals surface area contributed by atoms with Gasteiger partial charge in [0.15, 0.2) is 5.96 Å². The van der Waals surface area contributed by atoms with Crippen LogP contribution in [0.2, 0.25) is 0 Å². The number of rotatable bonds is 12. The quantitative estimate of drug-likeness (QED) is 0.114. The third kappa shape index (κ3) is 7.92. The summed E-state index contributed by atoms with van der Waals surface area (Å²) < 4.78 is 0. The molecular formula is C17H33N7O3. The van der Waals surface area contributed by atoms with Gasteiger partial charge in [0.1, 0.15) is 12.3 Å². The fourth-order valence-corrected chi connectivity index (χ4v) is 3.12. The van der Waals surface area contributed by atoms with E-state index in [1.807, 2.05) is 0 Å². The molecular weight excluding hydrogens is 350 g/mol. The van der Waals surface area contributed by atoms with Crippen LogP contribution in [-0.2, 0) is 14.4 Å². The van der Waals surface area contributed by atoms with E-state index in [1.165, 1.54) is 4.90 Å². The Morgan fingerprint density at radius 1 is 1.22 bits per heavy atom. The standard InChI is InChI=1S/C17H33N7O3/c18-8-2-1-6-13(19)16(27)24-10-4-7-14(24)15(26)23-12(11-25)5-3-9-22-17(20)21/h11-14H,1-10,18-19H2,(H,23,26)(H4,20,21,22)/t12-,13-,14-/m0/s1. The summed E-state index contributed by atoms with van der Waals surface area (Å²) >= 11 is 0. The van der Waals surface area contributed by atoms with Gasteiger partial charge in [-0.2, -0.15) is 0 Å². The number of nitrogens with one attached hydrogen (secondary N) is 1. The lowest BCUT2D eigenvalue weighted by molar-refractivity contribution is -0.140. The second-order valence-electron chi connectivity index (χ2n) is 6.78. The van der Waals surface area contributed by atoms with E-state index in [2.05, 4.69) is 10.3 Å². The highest BCUT2D eigenvalue weighted by atomic mass is 16.2. The Balaban J connectivity index is 2.54. The van der Waals surface area contributed by atoms with Crippen molar-refractivity contribution in [2.24, 2.45) is 27.9 Å². The van der Waals surface area contributed by atoms with Crippen LogP contribution in [0.1, 0.15) is 44.9 Å². The van der Waals surface area contributed by atoms with Crippen LogP contribution in [0.15, 0.2) is 4.99 Å². The van der Waals surface area contributed by atoms with E-state index in [4.69, 9.17) is 22.9 Å². The minimum atomic E-state index is -0.637. The Hall–Kier alpha value is -2.20. The zero-order valence-corrected chi connectivity index (χ0v) is 15.8. The Labute approximate surface area is 160 Å². The smallest absolute Gasteiger partial charge is 0.243 e. The molecule has 1 aliphatic heterocycles. The van der Waals surface area contributed by atoms with Crippen LogP contribution in [0.3, 0.4) is 0 Å². The monoisotopic (exact) mass is 383 g/mol. The summed E-state index contributed by atoms with van der Waals surface area (Å²) in [7, 11) is 0. The number of hydrogen-bond acceptors (Lipinski definition) is 6. The normalized spacial score (nSPS) is 18.6. The van der Waals surface area contributed by atoms with Crippen LogP contribution in [-0.4, -0.2) is 66.7 Å². The van der Waals surface area contributed by atoms with Gasteiger partial charge in [-0.25, -0.2) is 0 Å². The number of nitrogens with zero attached hydrogens (tertiary/aromatic N) is 2. The Morgan fingerprint density at radius 2 is 1.96 bits per heavy atom. The van der Waals surface area contributed by atoms with Gasteiger partial charge in [0, 0.05) is 13.1 Å². The molecule has 0 aromatic rings. The number of guanidine groups is 1. The molecule has 1 aliphatic rings. The zero-order valence-electron chi connectivity index (χ0n) is 15.8. The third-order valence-corrected chi connectivity index (χ3v) is 4.58. The summed E-state index contributed by atoms with van der Waals surface area (Å²) in [5, 5.41) is 2.70. The van der Waals surface area contributed by atoms with Gasteiger partial charge < -0.3 is 37.9 Å². The number of unbranched alkanes of at least 4 members (excludes halogenated alkanes) is 1. The van der Waals surface area contributed by atoms with E-state index in [-0.39, 0.29) is 17.8 Å². The second-order valence-corrected chi connectivity index (χ2v) is 6.78. The predicted octanol–water partition coefficient (Wildman–Crippen LogP) is -1.83. The fraction of sp³-hybridized carbons (Fsp3) is 0.765. The van der Waals surface area contributed by atoms with Crippen LogP contribution in [0, 0.1) is 0 Å². The lowest BCUT2D eigenvalue weighted by Crippen LogP contribution is -2.53. The Bertz CT molecular complexity index is 523. The van der Waals surface area contributed by atoms with Crippen molar-refractivity contribution in [3.63, 3.8) is 0 Å². The molecule has 1 heterocycles. The average Bonchev–Trinajstić information content (AvgIpc) is 3.13. The minimum Gasteiger partial charge on any atom is -0.370 e. The van der Waals surface area contributed by atoms with E-state index in [9.17, 15) is 14.4 Å². The van der Waals surface area contributed by atoms with E-state index < -0.39 is 18.1 Å². The maximum atomic E-state index is 12.6. The van der Waals surface area contributed by atoms with E-state index in [1.54, 1.807) is 0 Å². The third-order valence-electron chi connectivity index (χ3n) is 4.58. The summed E-state index contributed by atoms with van der Waals surface area (Å²) in [6, 6.07) is -1.85. The largest absolute Gasteiger partial charge is 0.370 e. The molecule has 27 heavy (non-hydrogen) atoms. The van der Waals surface area contributed by atoms with E-state index in [0.29, 0.717) is 51.6 Å². The number of hydrogen-bond donors (Lipinski definition) is 5. The van der Waals surface area contributed by atoms with Crippen molar-refractivity contribution in [1.29, 1.82) is 0 Å². The molecule has 0 spiro atoms. The molecule has 0 bridgehead atoms. The molecule has 1 fully saturated rings. The maximum absolute atomic E-state index is 12.6. The van der Waals surface area contributed by atoms with Crippen LogP contribution in [0.5, 0.6) is 0 Å². The number of amides is 2. The molecule has 10 heteroatoms. The number of aldehydes is 1. The lowest BCUT2D eigenvalue weighted by atomic mass is 10.1. The highest BCUT2D eigenvalue weighted by molar-refractivity contribution is 5.91. The second kappa shape index (κ2) is 12.2. The van der Waals surface area contributed by atoms with E-state index in [0.717, 1.165) is 19.3 Å². The highest BCUT2D eigenvalue weighted by Gasteiger charge is 2.36. The SMILES string of the molecule is NCCCC[C@H](N)C(=O)N1CCC[C@H]1C(=O)N[C@H](C=O)CCCN=C(N)N. The Morgan fingerprint density at radius 3 is 2.59 bits per heavy atom. The van der Waals surface area contributed by atoms with Gasteiger partial charge in [0.2, 0.25) is 11.8 Å². The highest BCUT2D eigenvalue weighted by Crippen LogP contribution is 2.19. The van der Waals surface area contributed by atoms with Gasteiger partial charge in [-0.3, -0.25) is 14.6 Å². The van der Waals surface area contributed by atoms with Gasteiger partial charge >= 0.3 is 0 Å². The molecule has 10 nitrogen and oxygen atoms in total. The van der Waals surface area contributed by atoms with Crippen molar-refractivity contribution >= 4 is 24.1 Å². The van der Waals surface area contributed by atoms with Crippen LogP contribution < -0.4 is 28.3 Å². The van der Waals surface area contributed by atoms with E-state index >= 15 is 0 Å². The van der Waals surface area contributed by atoms with Crippen LogP contribution in [0.25, 0.3) is 0 Å². The predicted molar refractivity (Wildman–Crippen MR) is 104 cm³/mol. The molecule has 0 aliphatic carbocycles. The lowest BCUT2D eigenvalue weighted by Gasteiger charge is -2.27. The average molecular weight is 383 g/mol. The van der Waals surface area contributed by atoms with Gasteiger partial charge in [0.25, 0.3) is 0 Å².